The highest BCUT2D eigenvalue weighted by Crippen LogP contribution is 2.31. The van der Waals surface area contributed by atoms with Crippen molar-refractivity contribution in [1.29, 1.82) is 0 Å². The molecule has 30 heavy (non-hydrogen) atoms. The number of nitrogens with zero attached hydrogens (tertiary/aromatic N) is 1. The molecule has 154 valence electrons. The number of thiazole rings is 1. The maximum Gasteiger partial charge on any atom is 0.270 e. The lowest BCUT2D eigenvalue weighted by Gasteiger charge is -2.06. The maximum absolute atomic E-state index is 11.4. The van der Waals surface area contributed by atoms with Crippen LogP contribution in [0.25, 0.3) is 10.8 Å². The first-order valence-electron chi connectivity index (χ1n) is 8.90. The van der Waals surface area contributed by atoms with Crippen molar-refractivity contribution >= 4 is 61.5 Å². The smallest absolute Gasteiger partial charge is 0.270 e. The van der Waals surface area contributed by atoms with Crippen molar-refractivity contribution in [3.05, 3.63) is 70.0 Å². The predicted octanol–water partition coefficient (Wildman–Crippen LogP) is 4.23. The number of hydrogen-bond donors (Lipinski definition) is 4. The molecule has 1 amide bonds. The van der Waals surface area contributed by atoms with Crippen molar-refractivity contribution in [2.75, 3.05) is 17.7 Å². The Kier molecular flexibility index (Phi) is 7.12. The number of benzene rings is 2. The highest BCUT2D eigenvalue weighted by atomic mass is 32.1. The summed E-state index contributed by atoms with van der Waals surface area (Å²) in [6.45, 7) is 0.0255. The van der Waals surface area contributed by atoms with Gasteiger partial charge >= 0.3 is 0 Å². The highest BCUT2D eigenvalue weighted by molar-refractivity contribution is 7.19. The number of nitrogens with one attached hydrogen (secondary N) is 2. The molecule has 2 aromatic carbocycles. The van der Waals surface area contributed by atoms with Gasteiger partial charge < -0.3 is 21.5 Å². The van der Waals surface area contributed by atoms with Gasteiger partial charge in [0.25, 0.3) is 5.91 Å². The first kappa shape index (κ1) is 21.4. The van der Waals surface area contributed by atoms with Gasteiger partial charge in [0.2, 0.25) is 0 Å². The lowest BCUT2D eigenvalue weighted by Crippen LogP contribution is -2.13. The average molecular weight is 441 g/mol. The van der Waals surface area contributed by atoms with Crippen LogP contribution in [0.5, 0.6) is 0 Å². The van der Waals surface area contributed by atoms with Gasteiger partial charge in [-0.1, -0.05) is 29.5 Å². The number of anilines is 3. The van der Waals surface area contributed by atoms with Gasteiger partial charge in [-0.15, -0.1) is 0 Å². The van der Waals surface area contributed by atoms with Crippen LogP contribution in [-0.2, 0) is 6.61 Å². The van der Waals surface area contributed by atoms with Crippen molar-refractivity contribution in [3.63, 3.8) is 0 Å². The second-order valence-corrected chi connectivity index (χ2v) is 7.94. The van der Waals surface area contributed by atoms with Gasteiger partial charge in [-0.25, -0.2) is 4.98 Å². The molecule has 0 aliphatic heterocycles. The van der Waals surface area contributed by atoms with E-state index in [2.05, 4.69) is 15.6 Å². The Labute approximate surface area is 181 Å². The van der Waals surface area contributed by atoms with Crippen LogP contribution in [0.4, 0.5) is 15.8 Å². The zero-order valence-corrected chi connectivity index (χ0v) is 17.7. The number of carbonyl (C=O) groups excluding carboxylic acids is 2. The lowest BCUT2D eigenvalue weighted by molar-refractivity contribution is 0.0996. The SMILES string of the molecule is CNc1sc(Nc2ccc3cc(CO)ccc3c2)nc1C(N)=O.O=Cc1ccsc1. The molecule has 0 radical (unpaired) electrons. The second-order valence-electron chi connectivity index (χ2n) is 6.16. The number of carbonyl (C=O) groups is 2. The molecule has 4 aromatic rings. The van der Waals surface area contributed by atoms with Crippen LogP contribution < -0.4 is 16.4 Å². The molecular weight excluding hydrogens is 420 g/mol. The number of amides is 1. The Balaban J connectivity index is 0.000000310. The minimum Gasteiger partial charge on any atom is -0.392 e. The van der Waals surface area contributed by atoms with E-state index in [0.29, 0.717) is 10.1 Å². The highest BCUT2D eigenvalue weighted by Gasteiger charge is 2.14. The minimum atomic E-state index is -0.561. The number of rotatable bonds is 6. The summed E-state index contributed by atoms with van der Waals surface area (Å²) in [6.07, 6.45) is 0.844. The minimum absolute atomic E-state index is 0.0255. The third-order valence-corrected chi connectivity index (χ3v) is 5.80. The van der Waals surface area contributed by atoms with Crippen molar-refractivity contribution in [2.24, 2.45) is 5.73 Å². The first-order valence-corrected chi connectivity index (χ1v) is 10.7. The van der Waals surface area contributed by atoms with Crippen LogP contribution in [0.3, 0.4) is 0 Å². The van der Waals surface area contributed by atoms with Crippen molar-refractivity contribution < 1.29 is 14.7 Å². The summed E-state index contributed by atoms with van der Waals surface area (Å²) < 4.78 is 0. The summed E-state index contributed by atoms with van der Waals surface area (Å²) in [5.74, 6) is -0.561. The van der Waals surface area contributed by atoms with Gasteiger partial charge in [0, 0.05) is 23.7 Å². The van der Waals surface area contributed by atoms with Gasteiger partial charge in [0.15, 0.2) is 17.1 Å². The van der Waals surface area contributed by atoms with E-state index >= 15 is 0 Å². The van der Waals surface area contributed by atoms with Crippen molar-refractivity contribution in [1.82, 2.24) is 4.98 Å². The largest absolute Gasteiger partial charge is 0.392 e. The Morgan fingerprint density at radius 3 is 2.53 bits per heavy atom. The van der Waals surface area contributed by atoms with Crippen molar-refractivity contribution in [2.45, 2.75) is 6.61 Å². The molecule has 0 atom stereocenters. The number of aliphatic hydroxyl groups excluding tert-OH is 1. The number of aromatic nitrogens is 1. The Morgan fingerprint density at radius 2 is 1.97 bits per heavy atom. The summed E-state index contributed by atoms with van der Waals surface area (Å²) in [7, 11) is 1.72. The zero-order valence-electron chi connectivity index (χ0n) is 16.1. The van der Waals surface area contributed by atoms with Crippen LogP contribution in [0.15, 0.2) is 53.2 Å². The fraction of sp³-hybridized carbons (Fsp3) is 0.0952. The third kappa shape index (κ3) is 5.20. The molecule has 0 bridgehead atoms. The molecule has 5 N–H and O–H groups in total. The fourth-order valence-corrected chi connectivity index (χ4v) is 4.10. The predicted molar refractivity (Wildman–Crippen MR) is 123 cm³/mol. The molecule has 7 nitrogen and oxygen atoms in total. The van der Waals surface area contributed by atoms with Crippen LogP contribution in [-0.4, -0.2) is 29.3 Å². The number of aldehydes is 1. The number of thiophene rings is 1. The van der Waals surface area contributed by atoms with E-state index in [4.69, 9.17) is 5.73 Å². The number of fused-ring (bicyclic) bond motifs is 1. The molecule has 0 unspecified atom stereocenters. The third-order valence-electron chi connectivity index (χ3n) is 4.11. The van der Waals surface area contributed by atoms with E-state index in [1.54, 1.807) is 13.1 Å². The molecule has 0 saturated heterocycles. The first-order chi connectivity index (χ1) is 14.5. The molecule has 0 fully saturated rings. The topological polar surface area (TPSA) is 117 Å². The zero-order chi connectivity index (χ0) is 21.5. The summed E-state index contributed by atoms with van der Waals surface area (Å²) in [5, 5.41) is 22.3. The maximum atomic E-state index is 11.4. The summed E-state index contributed by atoms with van der Waals surface area (Å²) in [6, 6.07) is 13.5. The van der Waals surface area contributed by atoms with Crippen LogP contribution >= 0.6 is 22.7 Å². The van der Waals surface area contributed by atoms with E-state index in [9.17, 15) is 14.7 Å². The van der Waals surface area contributed by atoms with Gasteiger partial charge in [-0.3, -0.25) is 9.59 Å². The Bertz CT molecular complexity index is 1160. The lowest BCUT2D eigenvalue weighted by atomic mass is 10.1. The fourth-order valence-electron chi connectivity index (χ4n) is 2.65. The number of nitrogens with two attached hydrogens (primary N) is 1. The van der Waals surface area contributed by atoms with Crippen LogP contribution in [0, 0.1) is 0 Å². The van der Waals surface area contributed by atoms with E-state index in [0.717, 1.165) is 33.9 Å². The molecule has 0 aliphatic rings. The summed E-state index contributed by atoms with van der Waals surface area (Å²) in [4.78, 5) is 25.5. The van der Waals surface area contributed by atoms with E-state index in [1.165, 1.54) is 22.7 Å². The Morgan fingerprint density at radius 1 is 1.20 bits per heavy atom. The van der Waals surface area contributed by atoms with Gasteiger partial charge in [0.05, 0.1) is 6.61 Å². The molecule has 0 spiro atoms. The normalized spacial score (nSPS) is 10.2. The van der Waals surface area contributed by atoms with Gasteiger partial charge in [-0.2, -0.15) is 11.3 Å². The molecule has 0 saturated carbocycles. The van der Waals surface area contributed by atoms with E-state index < -0.39 is 5.91 Å². The van der Waals surface area contributed by atoms with Crippen LogP contribution in [0.1, 0.15) is 26.4 Å². The molecule has 0 aliphatic carbocycles. The quantitative estimate of drug-likeness (QED) is 0.333. The second kappa shape index (κ2) is 9.97. The monoisotopic (exact) mass is 440 g/mol. The van der Waals surface area contributed by atoms with E-state index in [1.807, 2.05) is 47.2 Å². The van der Waals surface area contributed by atoms with Gasteiger partial charge in [-0.05, 0) is 46.0 Å². The van der Waals surface area contributed by atoms with Crippen LogP contribution in [0.2, 0.25) is 0 Å². The molecule has 9 heteroatoms. The summed E-state index contributed by atoms with van der Waals surface area (Å²) in [5.41, 5.74) is 8.05. The van der Waals surface area contributed by atoms with Gasteiger partial charge in [0.1, 0.15) is 5.00 Å². The molecule has 4 rings (SSSR count). The molecule has 2 aromatic heterocycles. The van der Waals surface area contributed by atoms with Crippen molar-refractivity contribution in [3.8, 4) is 0 Å². The number of primary amides is 1. The number of hydrogen-bond acceptors (Lipinski definition) is 8. The van der Waals surface area contributed by atoms with E-state index in [-0.39, 0.29) is 12.3 Å². The standard InChI is InChI=1S/C16H16N4O2S.C5H4OS/c1-18-15-13(14(17)22)20-16(23-15)19-12-5-4-10-6-9(8-21)2-3-11(10)7-12;6-3-5-1-2-7-4-5/h2-7,18,21H,8H2,1H3,(H2,17,22)(H,19,20);1-4H. The molecular formula is C21H20N4O3S2. The number of aliphatic hydroxyl groups is 1. The Hall–Kier alpha value is -3.27. The molecule has 2 heterocycles. The average Bonchev–Trinajstić information content (AvgIpc) is 3.43. The summed E-state index contributed by atoms with van der Waals surface area (Å²) >= 11 is 2.86.